The predicted octanol–water partition coefficient (Wildman–Crippen LogP) is 4.38. The first-order valence-electron chi connectivity index (χ1n) is 10.7. The number of hydrogen-bond donors (Lipinski definition) is 0. The van der Waals surface area contributed by atoms with Crippen LogP contribution in [0.25, 0.3) is 11.3 Å². The monoisotopic (exact) mass is 362 g/mol. The summed E-state index contributed by atoms with van der Waals surface area (Å²) in [6.45, 7) is 4.96. The van der Waals surface area contributed by atoms with E-state index >= 15 is 0 Å². The molecule has 1 aliphatic carbocycles. The molecule has 0 aromatic carbocycles. The lowest BCUT2D eigenvalue weighted by Crippen LogP contribution is -2.51. The second-order valence-electron chi connectivity index (χ2n) is 8.73. The zero-order valence-electron chi connectivity index (χ0n) is 16.2. The fourth-order valence-corrected chi connectivity index (χ4v) is 5.10. The minimum Gasteiger partial charge on any atom is -0.357 e. The fourth-order valence-electron chi connectivity index (χ4n) is 5.10. The van der Waals surface area contributed by atoms with Crippen molar-refractivity contribution in [1.82, 2.24) is 14.9 Å². The van der Waals surface area contributed by atoms with Crippen molar-refractivity contribution in [3.63, 3.8) is 0 Å². The molecule has 2 saturated heterocycles. The molecule has 0 atom stereocenters. The smallest absolute Gasteiger partial charge is 0.129 e. The Morgan fingerprint density at radius 2 is 1.67 bits per heavy atom. The number of likely N-dealkylation sites (tertiary alicyclic amines) is 1. The molecule has 0 amide bonds. The first-order chi connectivity index (χ1) is 13.3. The van der Waals surface area contributed by atoms with Crippen LogP contribution in [0.15, 0.2) is 42.7 Å². The van der Waals surface area contributed by atoms with Gasteiger partial charge in [-0.3, -0.25) is 4.98 Å². The van der Waals surface area contributed by atoms with Gasteiger partial charge in [0.25, 0.3) is 0 Å². The molecule has 0 radical (unpaired) electrons. The fraction of sp³-hybridized carbons (Fsp3) is 0.565. The molecule has 0 bridgehead atoms. The molecule has 1 spiro atoms. The lowest BCUT2D eigenvalue weighted by atomic mass is 9.70. The van der Waals surface area contributed by atoms with E-state index in [0.29, 0.717) is 5.41 Å². The Balaban J connectivity index is 1.22. The predicted molar refractivity (Wildman–Crippen MR) is 110 cm³/mol. The van der Waals surface area contributed by atoms with Gasteiger partial charge >= 0.3 is 0 Å². The highest BCUT2D eigenvalue weighted by Crippen LogP contribution is 2.43. The molecule has 5 rings (SSSR count). The normalized spacial score (nSPS) is 23.3. The van der Waals surface area contributed by atoms with Crippen LogP contribution in [0.5, 0.6) is 0 Å². The van der Waals surface area contributed by atoms with Crippen LogP contribution in [0.1, 0.15) is 44.9 Å². The van der Waals surface area contributed by atoms with Crippen LogP contribution in [-0.2, 0) is 0 Å². The SMILES string of the molecule is c1cncc(-c2cccc(N3CCC4(CC3)CCN(C3CCC3)CC4)n2)c1. The number of pyridine rings is 2. The molecule has 4 heteroatoms. The Bertz CT molecular complexity index is 753. The third-order valence-electron chi connectivity index (χ3n) is 7.29. The van der Waals surface area contributed by atoms with Gasteiger partial charge in [-0.1, -0.05) is 12.5 Å². The van der Waals surface area contributed by atoms with E-state index in [1.165, 1.54) is 58.0 Å². The molecule has 0 N–H and O–H groups in total. The van der Waals surface area contributed by atoms with Gasteiger partial charge in [0.2, 0.25) is 0 Å². The Hall–Kier alpha value is -1.94. The van der Waals surface area contributed by atoms with Crippen LogP contribution < -0.4 is 4.90 Å². The Kier molecular flexibility index (Phi) is 4.60. The quantitative estimate of drug-likeness (QED) is 0.811. The van der Waals surface area contributed by atoms with E-state index in [1.54, 1.807) is 0 Å². The molecular weight excluding hydrogens is 332 g/mol. The zero-order chi connectivity index (χ0) is 18.1. The number of piperidine rings is 2. The summed E-state index contributed by atoms with van der Waals surface area (Å²) < 4.78 is 0. The van der Waals surface area contributed by atoms with Gasteiger partial charge in [0.05, 0.1) is 5.69 Å². The van der Waals surface area contributed by atoms with E-state index in [2.05, 4.69) is 39.0 Å². The van der Waals surface area contributed by atoms with Gasteiger partial charge in [-0.15, -0.1) is 0 Å². The lowest BCUT2D eigenvalue weighted by Gasteiger charge is -2.50. The molecule has 4 heterocycles. The standard InChI is InChI=1S/C23H30N4/c1-5-20(6-1)26-14-9-23(10-15-26)11-16-27(17-12-23)22-8-2-7-21(25-22)19-4-3-13-24-18-19/h2-4,7-8,13,18,20H,1,5-6,9-12,14-17H2. The lowest BCUT2D eigenvalue weighted by molar-refractivity contribution is 0.0305. The van der Waals surface area contributed by atoms with Crippen molar-refractivity contribution < 1.29 is 0 Å². The average molecular weight is 363 g/mol. The van der Waals surface area contributed by atoms with Gasteiger partial charge in [-0.2, -0.15) is 0 Å². The highest BCUT2D eigenvalue weighted by atomic mass is 15.2. The summed E-state index contributed by atoms with van der Waals surface area (Å²) in [5.41, 5.74) is 2.71. The van der Waals surface area contributed by atoms with Crippen LogP contribution in [0.4, 0.5) is 5.82 Å². The summed E-state index contributed by atoms with van der Waals surface area (Å²) in [5.74, 6) is 1.12. The van der Waals surface area contributed by atoms with E-state index in [9.17, 15) is 0 Å². The van der Waals surface area contributed by atoms with Crippen molar-refractivity contribution in [2.45, 2.75) is 51.0 Å². The first-order valence-corrected chi connectivity index (χ1v) is 10.7. The van der Waals surface area contributed by atoms with Gasteiger partial charge in [0, 0.05) is 37.1 Å². The van der Waals surface area contributed by atoms with Crippen LogP contribution in [0.3, 0.4) is 0 Å². The molecular formula is C23H30N4. The maximum Gasteiger partial charge on any atom is 0.129 e. The molecule has 2 aromatic heterocycles. The van der Waals surface area contributed by atoms with Crippen molar-refractivity contribution in [2.75, 3.05) is 31.1 Å². The summed E-state index contributed by atoms with van der Waals surface area (Å²) in [6.07, 6.45) is 13.5. The van der Waals surface area contributed by atoms with Gasteiger partial charge in [-0.25, -0.2) is 4.98 Å². The van der Waals surface area contributed by atoms with Crippen LogP contribution in [-0.4, -0.2) is 47.1 Å². The van der Waals surface area contributed by atoms with E-state index < -0.39 is 0 Å². The van der Waals surface area contributed by atoms with E-state index in [4.69, 9.17) is 4.98 Å². The van der Waals surface area contributed by atoms with Crippen molar-refractivity contribution in [3.05, 3.63) is 42.7 Å². The molecule has 4 nitrogen and oxygen atoms in total. The van der Waals surface area contributed by atoms with Crippen molar-refractivity contribution in [2.24, 2.45) is 5.41 Å². The summed E-state index contributed by atoms with van der Waals surface area (Å²) in [4.78, 5) is 14.4. The molecule has 27 heavy (non-hydrogen) atoms. The number of aromatic nitrogens is 2. The zero-order valence-corrected chi connectivity index (χ0v) is 16.2. The van der Waals surface area contributed by atoms with E-state index in [0.717, 1.165) is 36.2 Å². The Morgan fingerprint density at radius 3 is 2.33 bits per heavy atom. The number of nitrogens with zero attached hydrogens (tertiary/aromatic N) is 4. The topological polar surface area (TPSA) is 32.3 Å². The first kappa shape index (κ1) is 17.2. The summed E-state index contributed by atoms with van der Waals surface area (Å²) in [7, 11) is 0. The summed E-state index contributed by atoms with van der Waals surface area (Å²) in [5, 5.41) is 0. The molecule has 3 aliphatic rings. The molecule has 3 fully saturated rings. The molecule has 2 aromatic rings. The number of hydrogen-bond acceptors (Lipinski definition) is 4. The summed E-state index contributed by atoms with van der Waals surface area (Å²) in [6, 6.07) is 11.4. The average Bonchev–Trinajstić information content (AvgIpc) is 2.70. The molecule has 1 saturated carbocycles. The van der Waals surface area contributed by atoms with Crippen molar-refractivity contribution >= 4 is 5.82 Å². The van der Waals surface area contributed by atoms with Crippen LogP contribution in [0, 0.1) is 5.41 Å². The highest BCUT2D eigenvalue weighted by Gasteiger charge is 2.39. The largest absolute Gasteiger partial charge is 0.357 e. The van der Waals surface area contributed by atoms with Crippen molar-refractivity contribution in [1.29, 1.82) is 0 Å². The highest BCUT2D eigenvalue weighted by molar-refractivity contribution is 5.60. The van der Waals surface area contributed by atoms with Gasteiger partial charge in [-0.05, 0) is 81.3 Å². The second-order valence-corrected chi connectivity index (χ2v) is 8.73. The van der Waals surface area contributed by atoms with E-state index in [-0.39, 0.29) is 0 Å². The summed E-state index contributed by atoms with van der Waals surface area (Å²) >= 11 is 0. The molecule has 2 aliphatic heterocycles. The third-order valence-corrected chi connectivity index (χ3v) is 7.29. The van der Waals surface area contributed by atoms with Gasteiger partial charge in [0.15, 0.2) is 0 Å². The van der Waals surface area contributed by atoms with Crippen LogP contribution in [0.2, 0.25) is 0 Å². The van der Waals surface area contributed by atoms with Crippen molar-refractivity contribution in [3.8, 4) is 11.3 Å². The molecule has 0 unspecified atom stereocenters. The Labute approximate surface area is 162 Å². The number of anilines is 1. The van der Waals surface area contributed by atoms with Crippen LogP contribution >= 0.6 is 0 Å². The minimum absolute atomic E-state index is 0.595. The second kappa shape index (κ2) is 7.23. The molecule has 142 valence electrons. The maximum atomic E-state index is 4.93. The maximum absolute atomic E-state index is 4.93. The van der Waals surface area contributed by atoms with Gasteiger partial charge in [0.1, 0.15) is 5.82 Å². The third kappa shape index (κ3) is 3.47. The Morgan fingerprint density at radius 1 is 0.889 bits per heavy atom. The van der Waals surface area contributed by atoms with E-state index in [1.807, 2.05) is 18.5 Å². The minimum atomic E-state index is 0.595. The van der Waals surface area contributed by atoms with Gasteiger partial charge < -0.3 is 9.80 Å². The number of rotatable bonds is 3.